The van der Waals surface area contributed by atoms with Crippen molar-refractivity contribution in [3.63, 3.8) is 0 Å². The summed E-state index contributed by atoms with van der Waals surface area (Å²) in [5.41, 5.74) is 0. The predicted octanol–water partition coefficient (Wildman–Crippen LogP) is 1.66. The van der Waals surface area contributed by atoms with Gasteiger partial charge in [0.05, 0.1) is 0 Å². The maximum atomic E-state index is 12.7. The van der Waals surface area contributed by atoms with Crippen molar-refractivity contribution in [1.29, 1.82) is 0 Å². The zero-order valence-electron chi connectivity index (χ0n) is 9.14. The van der Waals surface area contributed by atoms with Crippen molar-refractivity contribution in [2.24, 2.45) is 0 Å². The molecule has 0 atom stereocenters. The SMILES string of the molecule is O=C(O)CCCn1cnnc1C1CC(F)(F)C1. The van der Waals surface area contributed by atoms with Gasteiger partial charge in [0.15, 0.2) is 0 Å². The van der Waals surface area contributed by atoms with E-state index in [0.29, 0.717) is 18.8 Å². The summed E-state index contributed by atoms with van der Waals surface area (Å²) in [5, 5.41) is 16.0. The van der Waals surface area contributed by atoms with Crippen molar-refractivity contribution >= 4 is 5.97 Å². The van der Waals surface area contributed by atoms with Gasteiger partial charge in [-0.15, -0.1) is 10.2 Å². The molecule has 0 spiro atoms. The third-order valence-electron chi connectivity index (χ3n) is 2.89. The first-order chi connectivity index (χ1) is 7.98. The van der Waals surface area contributed by atoms with Crippen LogP contribution in [0.15, 0.2) is 6.33 Å². The molecule has 1 aliphatic carbocycles. The first-order valence-electron chi connectivity index (χ1n) is 5.45. The average molecular weight is 245 g/mol. The van der Waals surface area contributed by atoms with Gasteiger partial charge in [-0.25, -0.2) is 8.78 Å². The number of carboxylic acid groups (broad SMARTS) is 1. The number of aromatic nitrogens is 3. The van der Waals surface area contributed by atoms with E-state index in [1.54, 1.807) is 4.57 Å². The van der Waals surface area contributed by atoms with Crippen molar-refractivity contribution in [2.45, 2.75) is 44.1 Å². The standard InChI is InChI=1S/C10H13F2N3O2/c11-10(12)4-7(5-10)9-14-13-6-15(9)3-1-2-8(16)17/h6-7H,1-5H2,(H,16,17). The summed E-state index contributed by atoms with van der Waals surface area (Å²) in [6.07, 6.45) is 1.59. The van der Waals surface area contributed by atoms with E-state index in [2.05, 4.69) is 10.2 Å². The van der Waals surface area contributed by atoms with Crippen molar-refractivity contribution in [3.05, 3.63) is 12.2 Å². The van der Waals surface area contributed by atoms with Crippen LogP contribution >= 0.6 is 0 Å². The number of nitrogens with zero attached hydrogens (tertiary/aromatic N) is 3. The summed E-state index contributed by atoms with van der Waals surface area (Å²) >= 11 is 0. The van der Waals surface area contributed by atoms with E-state index in [0.717, 1.165) is 0 Å². The lowest BCUT2D eigenvalue weighted by Crippen LogP contribution is -2.35. The monoisotopic (exact) mass is 245 g/mol. The van der Waals surface area contributed by atoms with E-state index >= 15 is 0 Å². The summed E-state index contributed by atoms with van der Waals surface area (Å²) in [5.74, 6) is -3.16. The van der Waals surface area contributed by atoms with Crippen LogP contribution in [-0.2, 0) is 11.3 Å². The van der Waals surface area contributed by atoms with E-state index in [9.17, 15) is 13.6 Å². The molecular weight excluding hydrogens is 232 g/mol. The number of rotatable bonds is 5. The fraction of sp³-hybridized carbons (Fsp3) is 0.700. The van der Waals surface area contributed by atoms with Crippen LogP contribution in [0.3, 0.4) is 0 Å². The minimum absolute atomic E-state index is 0.0540. The van der Waals surface area contributed by atoms with Crippen molar-refractivity contribution in [3.8, 4) is 0 Å². The molecule has 0 aromatic carbocycles. The Morgan fingerprint density at radius 1 is 1.59 bits per heavy atom. The lowest BCUT2D eigenvalue weighted by atomic mass is 9.81. The molecule has 1 aliphatic rings. The Bertz CT molecular complexity index is 411. The number of hydrogen-bond acceptors (Lipinski definition) is 3. The minimum Gasteiger partial charge on any atom is -0.481 e. The molecule has 1 aromatic heterocycles. The van der Waals surface area contributed by atoms with E-state index in [1.165, 1.54) is 6.33 Å². The van der Waals surface area contributed by atoms with Gasteiger partial charge in [0, 0.05) is 31.7 Å². The van der Waals surface area contributed by atoms with Gasteiger partial charge < -0.3 is 9.67 Å². The minimum atomic E-state index is -2.58. The molecule has 0 amide bonds. The summed E-state index contributed by atoms with van der Waals surface area (Å²) in [6.45, 7) is 0.455. The van der Waals surface area contributed by atoms with Crippen LogP contribution in [0.1, 0.15) is 37.4 Å². The second kappa shape index (κ2) is 4.38. The Kier molecular flexibility index (Phi) is 3.08. The van der Waals surface area contributed by atoms with Crippen LogP contribution < -0.4 is 0 Å². The highest BCUT2D eigenvalue weighted by Gasteiger charge is 2.47. The number of aryl methyl sites for hydroxylation is 1. The first kappa shape index (κ1) is 11.9. The van der Waals surface area contributed by atoms with E-state index in [4.69, 9.17) is 5.11 Å². The molecule has 17 heavy (non-hydrogen) atoms. The lowest BCUT2D eigenvalue weighted by molar-refractivity contribution is -0.137. The van der Waals surface area contributed by atoms with E-state index in [-0.39, 0.29) is 25.2 Å². The third kappa shape index (κ3) is 2.78. The summed E-state index contributed by atoms with van der Waals surface area (Å²) in [4.78, 5) is 10.4. The molecule has 2 rings (SSSR count). The first-order valence-corrected chi connectivity index (χ1v) is 5.45. The summed E-state index contributed by atoms with van der Waals surface area (Å²) in [6, 6.07) is 0. The van der Waals surface area contributed by atoms with Crippen LogP contribution in [0.4, 0.5) is 8.78 Å². The van der Waals surface area contributed by atoms with Gasteiger partial charge in [0.1, 0.15) is 12.2 Å². The molecule has 94 valence electrons. The molecule has 0 unspecified atom stereocenters. The highest BCUT2D eigenvalue weighted by molar-refractivity contribution is 5.66. The number of hydrogen-bond donors (Lipinski definition) is 1. The van der Waals surface area contributed by atoms with Crippen molar-refractivity contribution in [1.82, 2.24) is 14.8 Å². The molecule has 0 bridgehead atoms. The largest absolute Gasteiger partial charge is 0.481 e. The Hall–Kier alpha value is -1.53. The summed E-state index contributed by atoms with van der Waals surface area (Å²) in [7, 11) is 0. The number of carboxylic acids is 1. The molecule has 1 N–H and O–H groups in total. The predicted molar refractivity (Wildman–Crippen MR) is 53.8 cm³/mol. The zero-order chi connectivity index (χ0) is 12.5. The van der Waals surface area contributed by atoms with E-state index < -0.39 is 11.9 Å². The number of alkyl halides is 2. The molecule has 1 saturated carbocycles. The van der Waals surface area contributed by atoms with Gasteiger partial charge in [0.2, 0.25) is 5.92 Å². The fourth-order valence-electron chi connectivity index (χ4n) is 2.00. The Labute approximate surface area is 96.5 Å². The Morgan fingerprint density at radius 2 is 2.29 bits per heavy atom. The second-order valence-electron chi connectivity index (χ2n) is 4.34. The second-order valence-corrected chi connectivity index (χ2v) is 4.34. The van der Waals surface area contributed by atoms with E-state index in [1.807, 2.05) is 0 Å². The van der Waals surface area contributed by atoms with Crippen LogP contribution in [0, 0.1) is 0 Å². The highest BCUT2D eigenvalue weighted by atomic mass is 19.3. The number of halogens is 2. The molecule has 0 aliphatic heterocycles. The van der Waals surface area contributed by atoms with Gasteiger partial charge in [0.25, 0.3) is 0 Å². The maximum absolute atomic E-state index is 12.7. The van der Waals surface area contributed by atoms with Gasteiger partial charge in [-0.05, 0) is 6.42 Å². The molecule has 0 saturated heterocycles. The molecule has 1 fully saturated rings. The van der Waals surface area contributed by atoms with Crippen LogP contribution in [0.5, 0.6) is 0 Å². The van der Waals surface area contributed by atoms with Gasteiger partial charge in [-0.3, -0.25) is 4.79 Å². The van der Waals surface area contributed by atoms with Crippen molar-refractivity contribution < 1.29 is 18.7 Å². The Balaban J connectivity index is 1.91. The molecule has 5 nitrogen and oxygen atoms in total. The highest BCUT2D eigenvalue weighted by Crippen LogP contribution is 2.47. The third-order valence-corrected chi connectivity index (χ3v) is 2.89. The molecule has 7 heteroatoms. The zero-order valence-corrected chi connectivity index (χ0v) is 9.14. The molecule has 1 aromatic rings. The quantitative estimate of drug-likeness (QED) is 0.856. The average Bonchev–Trinajstić information content (AvgIpc) is 2.61. The molecule has 1 heterocycles. The smallest absolute Gasteiger partial charge is 0.303 e. The van der Waals surface area contributed by atoms with Crippen LogP contribution in [0.2, 0.25) is 0 Å². The number of aliphatic carboxylic acids is 1. The fourth-order valence-corrected chi connectivity index (χ4v) is 2.00. The normalized spacial score (nSPS) is 18.9. The van der Waals surface area contributed by atoms with Crippen LogP contribution in [-0.4, -0.2) is 31.8 Å². The number of carbonyl (C=O) groups is 1. The Morgan fingerprint density at radius 3 is 2.88 bits per heavy atom. The van der Waals surface area contributed by atoms with Gasteiger partial charge in [-0.2, -0.15) is 0 Å². The topological polar surface area (TPSA) is 68.0 Å². The summed E-state index contributed by atoms with van der Waals surface area (Å²) < 4.78 is 27.1. The van der Waals surface area contributed by atoms with Gasteiger partial charge in [-0.1, -0.05) is 0 Å². The maximum Gasteiger partial charge on any atom is 0.303 e. The molecule has 0 radical (unpaired) electrons. The lowest BCUT2D eigenvalue weighted by Gasteiger charge is -2.34. The molecular formula is C10H13F2N3O2. The van der Waals surface area contributed by atoms with Crippen molar-refractivity contribution in [2.75, 3.05) is 0 Å². The van der Waals surface area contributed by atoms with Gasteiger partial charge >= 0.3 is 5.97 Å². The van der Waals surface area contributed by atoms with Crippen LogP contribution in [0.25, 0.3) is 0 Å².